The fraction of sp³-hybridized carbons (Fsp3) is 0.150. The van der Waals surface area contributed by atoms with Crippen LogP contribution in [0.25, 0.3) is 4.91 Å². The molecule has 2 aromatic heterocycles. The van der Waals surface area contributed by atoms with Crippen LogP contribution in [0.5, 0.6) is 0 Å². The SMILES string of the molecule is CC1C=C(c2ccno2)SC1c1ccc(NC(=O)c2c(F)cccc2F)nc1. The van der Waals surface area contributed by atoms with Crippen molar-refractivity contribution in [2.24, 2.45) is 5.92 Å². The molecule has 3 aromatic rings. The van der Waals surface area contributed by atoms with Gasteiger partial charge in [0.2, 0.25) is 0 Å². The van der Waals surface area contributed by atoms with Crippen molar-refractivity contribution in [1.82, 2.24) is 10.1 Å². The third-order valence-corrected chi connectivity index (χ3v) is 5.92. The number of nitrogens with zero attached hydrogens (tertiary/aromatic N) is 2. The largest absolute Gasteiger partial charge is 0.356 e. The average Bonchev–Trinajstić information content (AvgIpc) is 3.32. The highest BCUT2D eigenvalue weighted by Crippen LogP contribution is 2.51. The Morgan fingerprint density at radius 1 is 1.18 bits per heavy atom. The van der Waals surface area contributed by atoms with Crippen LogP contribution >= 0.6 is 11.8 Å². The summed E-state index contributed by atoms with van der Waals surface area (Å²) in [4.78, 5) is 17.4. The molecule has 0 saturated carbocycles. The van der Waals surface area contributed by atoms with Crippen LogP contribution in [0.4, 0.5) is 14.6 Å². The minimum absolute atomic E-state index is 0.140. The van der Waals surface area contributed by atoms with Crippen LogP contribution in [-0.2, 0) is 0 Å². The smallest absolute Gasteiger partial charge is 0.262 e. The monoisotopic (exact) mass is 399 g/mol. The summed E-state index contributed by atoms with van der Waals surface area (Å²) >= 11 is 1.65. The molecular formula is C20H15F2N3O2S. The summed E-state index contributed by atoms with van der Waals surface area (Å²) in [5, 5.41) is 6.30. The van der Waals surface area contributed by atoms with Gasteiger partial charge >= 0.3 is 0 Å². The predicted octanol–water partition coefficient (Wildman–Crippen LogP) is 5.07. The zero-order valence-corrected chi connectivity index (χ0v) is 15.5. The maximum absolute atomic E-state index is 13.7. The van der Waals surface area contributed by atoms with Crippen LogP contribution in [0.15, 0.2) is 59.4 Å². The summed E-state index contributed by atoms with van der Waals surface area (Å²) in [7, 11) is 0. The van der Waals surface area contributed by atoms with Crippen molar-refractivity contribution in [3.8, 4) is 0 Å². The lowest BCUT2D eigenvalue weighted by Crippen LogP contribution is -2.16. The first-order valence-corrected chi connectivity index (χ1v) is 9.42. The molecular weight excluding hydrogens is 384 g/mol. The lowest BCUT2D eigenvalue weighted by atomic mass is 10.0. The highest BCUT2D eigenvalue weighted by atomic mass is 32.2. The van der Waals surface area contributed by atoms with Crippen molar-refractivity contribution >= 4 is 28.4 Å². The number of aromatic nitrogens is 2. The highest BCUT2D eigenvalue weighted by Gasteiger charge is 2.29. The summed E-state index contributed by atoms with van der Waals surface area (Å²) in [5.74, 6) is -1.53. The Morgan fingerprint density at radius 2 is 1.96 bits per heavy atom. The maximum atomic E-state index is 13.7. The number of pyridine rings is 1. The third-order valence-electron chi connectivity index (χ3n) is 4.37. The van der Waals surface area contributed by atoms with Gasteiger partial charge in [-0.3, -0.25) is 4.79 Å². The molecule has 2 atom stereocenters. The third kappa shape index (κ3) is 3.55. The van der Waals surface area contributed by atoms with E-state index < -0.39 is 23.1 Å². The lowest BCUT2D eigenvalue weighted by molar-refractivity contribution is 0.101. The molecule has 1 aliphatic heterocycles. The van der Waals surface area contributed by atoms with Crippen LogP contribution in [0, 0.1) is 17.6 Å². The summed E-state index contributed by atoms with van der Waals surface area (Å²) in [6.07, 6.45) is 5.37. The van der Waals surface area contributed by atoms with E-state index in [9.17, 15) is 13.6 Å². The van der Waals surface area contributed by atoms with Crippen molar-refractivity contribution in [3.63, 3.8) is 0 Å². The Labute approximate surface area is 163 Å². The van der Waals surface area contributed by atoms with Gasteiger partial charge in [0.25, 0.3) is 5.91 Å². The van der Waals surface area contributed by atoms with Crippen molar-refractivity contribution in [3.05, 3.63) is 83.4 Å². The Balaban J connectivity index is 1.47. The Hall–Kier alpha value is -3.00. The maximum Gasteiger partial charge on any atom is 0.262 e. The minimum atomic E-state index is -0.920. The number of nitrogens with one attached hydrogen (secondary N) is 1. The van der Waals surface area contributed by atoms with E-state index in [1.54, 1.807) is 30.2 Å². The molecule has 28 heavy (non-hydrogen) atoms. The summed E-state index contributed by atoms with van der Waals surface area (Å²) in [5.41, 5.74) is 0.340. The van der Waals surface area contributed by atoms with Gasteiger partial charge in [0, 0.05) is 22.4 Å². The van der Waals surface area contributed by atoms with Gasteiger partial charge in [0.05, 0.1) is 6.20 Å². The first-order chi connectivity index (χ1) is 13.5. The second kappa shape index (κ2) is 7.55. The highest BCUT2D eigenvalue weighted by molar-refractivity contribution is 8.08. The Bertz CT molecular complexity index is 1020. The zero-order chi connectivity index (χ0) is 19.7. The van der Waals surface area contributed by atoms with E-state index in [1.165, 1.54) is 6.07 Å². The topological polar surface area (TPSA) is 68.0 Å². The van der Waals surface area contributed by atoms with Gasteiger partial charge in [-0.15, -0.1) is 11.8 Å². The van der Waals surface area contributed by atoms with Crippen LogP contribution in [0.1, 0.15) is 33.9 Å². The molecule has 3 heterocycles. The first kappa shape index (κ1) is 18.4. The normalized spacial score (nSPS) is 18.8. The number of rotatable bonds is 4. The van der Waals surface area contributed by atoms with Gasteiger partial charge in [-0.05, 0) is 29.7 Å². The van der Waals surface area contributed by atoms with E-state index in [1.807, 2.05) is 12.1 Å². The molecule has 1 amide bonds. The van der Waals surface area contributed by atoms with Gasteiger partial charge in [0.1, 0.15) is 23.0 Å². The Kier molecular flexibility index (Phi) is 4.95. The zero-order valence-electron chi connectivity index (χ0n) is 14.7. The molecule has 1 aliphatic rings. The fourth-order valence-electron chi connectivity index (χ4n) is 3.01. The molecule has 4 rings (SSSR count). The molecule has 0 saturated heterocycles. The van der Waals surface area contributed by atoms with E-state index in [2.05, 4.69) is 28.5 Å². The molecule has 0 radical (unpaired) electrons. The second-order valence-electron chi connectivity index (χ2n) is 6.33. The number of amides is 1. The minimum Gasteiger partial charge on any atom is -0.356 e. The molecule has 1 aromatic carbocycles. The number of hydrogen-bond acceptors (Lipinski definition) is 5. The number of carbonyl (C=O) groups is 1. The molecule has 142 valence electrons. The van der Waals surface area contributed by atoms with Crippen LogP contribution in [0.2, 0.25) is 0 Å². The molecule has 2 unspecified atom stereocenters. The van der Waals surface area contributed by atoms with Crippen LogP contribution in [0.3, 0.4) is 0 Å². The molecule has 0 fully saturated rings. The van der Waals surface area contributed by atoms with Crippen LogP contribution in [-0.4, -0.2) is 16.0 Å². The van der Waals surface area contributed by atoms with Gasteiger partial charge in [-0.2, -0.15) is 0 Å². The second-order valence-corrected chi connectivity index (χ2v) is 7.52. The average molecular weight is 399 g/mol. The number of carbonyl (C=O) groups excluding carboxylic acids is 1. The molecule has 1 N–H and O–H groups in total. The van der Waals surface area contributed by atoms with E-state index in [0.717, 1.165) is 28.4 Å². The van der Waals surface area contributed by atoms with Gasteiger partial charge < -0.3 is 9.84 Å². The number of benzene rings is 1. The Morgan fingerprint density at radius 3 is 2.61 bits per heavy atom. The standard InChI is InChI=1S/C20H15F2N3O2S/c1-11-9-16(15-7-8-24-27-15)28-19(11)12-5-6-17(23-10-12)25-20(26)18-13(21)3-2-4-14(18)22/h2-11,19H,1H3,(H,23,25,26). The summed E-state index contributed by atoms with van der Waals surface area (Å²) in [6.45, 7) is 2.09. The van der Waals surface area contributed by atoms with Gasteiger partial charge in [-0.1, -0.05) is 30.3 Å². The van der Waals surface area contributed by atoms with E-state index >= 15 is 0 Å². The molecule has 0 bridgehead atoms. The van der Waals surface area contributed by atoms with Crippen molar-refractivity contribution in [2.45, 2.75) is 12.2 Å². The van der Waals surface area contributed by atoms with E-state index in [-0.39, 0.29) is 17.0 Å². The molecule has 8 heteroatoms. The number of halogens is 2. The van der Waals surface area contributed by atoms with Crippen molar-refractivity contribution in [1.29, 1.82) is 0 Å². The molecule has 0 aliphatic carbocycles. The van der Waals surface area contributed by atoms with E-state index in [0.29, 0.717) is 0 Å². The molecule has 5 nitrogen and oxygen atoms in total. The predicted molar refractivity (Wildman–Crippen MR) is 103 cm³/mol. The molecule has 0 spiro atoms. The van der Waals surface area contributed by atoms with Gasteiger partial charge in [-0.25, -0.2) is 13.8 Å². The first-order valence-electron chi connectivity index (χ1n) is 8.54. The van der Waals surface area contributed by atoms with Crippen molar-refractivity contribution < 1.29 is 18.1 Å². The van der Waals surface area contributed by atoms with Crippen molar-refractivity contribution in [2.75, 3.05) is 5.32 Å². The van der Waals surface area contributed by atoms with Gasteiger partial charge in [0.15, 0.2) is 5.76 Å². The quantitative estimate of drug-likeness (QED) is 0.664. The number of thioether (sulfide) groups is 1. The number of allylic oxidation sites excluding steroid dienone is 1. The van der Waals surface area contributed by atoms with E-state index in [4.69, 9.17) is 4.52 Å². The lowest BCUT2D eigenvalue weighted by Gasteiger charge is -2.15. The summed E-state index contributed by atoms with van der Waals surface area (Å²) in [6, 6.07) is 8.54. The summed E-state index contributed by atoms with van der Waals surface area (Å²) < 4.78 is 32.7. The fourth-order valence-corrected chi connectivity index (χ4v) is 4.36. The number of anilines is 1. The number of hydrogen-bond donors (Lipinski definition) is 1. The van der Waals surface area contributed by atoms with Crippen LogP contribution < -0.4 is 5.32 Å².